The zero-order valence-electron chi connectivity index (χ0n) is 18.2. The molecule has 1 aromatic carbocycles. The summed E-state index contributed by atoms with van der Waals surface area (Å²) in [7, 11) is 0. The van der Waals surface area contributed by atoms with E-state index in [0.717, 1.165) is 29.5 Å². The number of fused-ring (bicyclic) bond motifs is 4. The molecule has 0 radical (unpaired) electrons. The number of ketones is 1. The number of Topliss-reactive ketones (excluding diaryl/α,β-unsaturated/α-hetero) is 1. The van der Waals surface area contributed by atoms with Crippen LogP contribution in [0.5, 0.6) is 5.75 Å². The van der Waals surface area contributed by atoms with Crippen LogP contribution in [-0.2, 0) is 24.2 Å². The van der Waals surface area contributed by atoms with E-state index in [9.17, 15) is 14.4 Å². The van der Waals surface area contributed by atoms with Gasteiger partial charge in [-0.25, -0.2) is 4.68 Å². The lowest BCUT2D eigenvalue weighted by Gasteiger charge is -2.33. The van der Waals surface area contributed by atoms with Gasteiger partial charge in [0.2, 0.25) is 0 Å². The first-order valence-corrected chi connectivity index (χ1v) is 11.5. The van der Waals surface area contributed by atoms with E-state index in [1.54, 1.807) is 29.5 Å². The van der Waals surface area contributed by atoms with Crippen molar-refractivity contribution in [3.63, 3.8) is 0 Å². The van der Waals surface area contributed by atoms with Crippen LogP contribution in [0.1, 0.15) is 48.0 Å². The molecule has 5 rings (SSSR count). The Bertz CT molecular complexity index is 1320. The molecule has 0 saturated carbocycles. The Morgan fingerprint density at radius 1 is 1.31 bits per heavy atom. The number of nitrogens with zero attached hydrogens (tertiary/aromatic N) is 3. The molecule has 1 aliphatic heterocycles. The van der Waals surface area contributed by atoms with E-state index in [1.807, 2.05) is 0 Å². The molecule has 166 valence electrons. The van der Waals surface area contributed by atoms with Crippen molar-refractivity contribution >= 4 is 38.9 Å². The van der Waals surface area contributed by atoms with E-state index in [1.165, 1.54) is 4.88 Å². The molecule has 1 atom stereocenters. The summed E-state index contributed by atoms with van der Waals surface area (Å²) >= 11 is 1.55. The number of hydrogen-bond acceptors (Lipinski definition) is 7. The van der Waals surface area contributed by atoms with Crippen molar-refractivity contribution in [3.05, 3.63) is 44.6 Å². The maximum Gasteiger partial charge on any atom is 0.279 e. The number of anilines is 1. The fourth-order valence-corrected chi connectivity index (χ4v) is 5.69. The molecule has 8 nitrogen and oxygen atoms in total. The average molecular weight is 453 g/mol. The first-order valence-electron chi connectivity index (χ1n) is 10.7. The summed E-state index contributed by atoms with van der Waals surface area (Å²) in [6.07, 6.45) is 2.82. The topological polar surface area (TPSA) is 103 Å². The normalized spacial score (nSPS) is 18.0. The highest BCUT2D eigenvalue weighted by Gasteiger charge is 2.32. The summed E-state index contributed by atoms with van der Waals surface area (Å²) in [6.45, 7) is 6.50. The van der Waals surface area contributed by atoms with Crippen molar-refractivity contribution in [2.24, 2.45) is 11.3 Å². The number of benzene rings is 1. The summed E-state index contributed by atoms with van der Waals surface area (Å²) in [6, 6.07) is 4.82. The SMILES string of the molecule is CC(C)(C)[C@H]1CCc2c(sc3nnn(CC(=O)c4ccc5c(c4)NC(=O)CO5)c(=O)c23)C1. The fraction of sp³-hybridized carbons (Fsp3) is 0.435. The lowest BCUT2D eigenvalue weighted by atomic mass is 9.72. The van der Waals surface area contributed by atoms with Crippen molar-refractivity contribution in [2.45, 2.75) is 46.6 Å². The number of amides is 1. The van der Waals surface area contributed by atoms with E-state index < -0.39 is 0 Å². The predicted octanol–water partition coefficient (Wildman–Crippen LogP) is 3.22. The summed E-state index contributed by atoms with van der Waals surface area (Å²) in [5, 5.41) is 11.6. The maximum atomic E-state index is 13.2. The van der Waals surface area contributed by atoms with Crippen LogP contribution < -0.4 is 15.6 Å². The van der Waals surface area contributed by atoms with Gasteiger partial charge >= 0.3 is 0 Å². The van der Waals surface area contributed by atoms with Crippen LogP contribution in [0.25, 0.3) is 10.2 Å². The second-order valence-electron chi connectivity index (χ2n) is 9.51. The first kappa shape index (κ1) is 20.8. The first-order chi connectivity index (χ1) is 15.2. The highest BCUT2D eigenvalue weighted by Crippen LogP contribution is 2.41. The molecule has 0 unspecified atom stereocenters. The number of thiophene rings is 1. The van der Waals surface area contributed by atoms with Crippen LogP contribution in [0.3, 0.4) is 0 Å². The minimum Gasteiger partial charge on any atom is -0.482 e. The molecule has 2 aromatic heterocycles. The molecule has 1 aliphatic carbocycles. The Morgan fingerprint density at radius 3 is 2.91 bits per heavy atom. The molecule has 1 amide bonds. The van der Waals surface area contributed by atoms with Gasteiger partial charge in [0.15, 0.2) is 17.2 Å². The third-order valence-corrected chi connectivity index (χ3v) is 7.53. The van der Waals surface area contributed by atoms with Gasteiger partial charge in [-0.05, 0) is 54.4 Å². The molecule has 3 aromatic rings. The molecule has 0 spiro atoms. The van der Waals surface area contributed by atoms with Gasteiger partial charge < -0.3 is 10.1 Å². The van der Waals surface area contributed by atoms with Gasteiger partial charge in [0, 0.05) is 10.4 Å². The van der Waals surface area contributed by atoms with E-state index in [0.29, 0.717) is 33.1 Å². The number of carbonyl (C=O) groups excluding carboxylic acids is 2. The maximum absolute atomic E-state index is 13.2. The molecular formula is C23H24N4O4S. The number of aromatic nitrogens is 3. The highest BCUT2D eigenvalue weighted by molar-refractivity contribution is 7.18. The summed E-state index contributed by atoms with van der Waals surface area (Å²) in [4.78, 5) is 39.5. The highest BCUT2D eigenvalue weighted by atomic mass is 32.1. The number of rotatable bonds is 3. The lowest BCUT2D eigenvalue weighted by Crippen LogP contribution is -2.29. The molecule has 9 heteroatoms. The molecule has 0 fully saturated rings. The molecular weight excluding hydrogens is 428 g/mol. The number of aryl methyl sites for hydroxylation is 1. The summed E-state index contributed by atoms with van der Waals surface area (Å²) < 4.78 is 6.47. The van der Waals surface area contributed by atoms with Crippen LogP contribution in [0.4, 0.5) is 5.69 Å². The fourth-order valence-electron chi connectivity index (χ4n) is 4.45. The molecule has 0 bridgehead atoms. The third kappa shape index (κ3) is 3.60. The number of hydrogen-bond donors (Lipinski definition) is 1. The smallest absolute Gasteiger partial charge is 0.279 e. The van der Waals surface area contributed by atoms with Gasteiger partial charge in [-0.1, -0.05) is 26.0 Å². The van der Waals surface area contributed by atoms with Gasteiger partial charge in [0.25, 0.3) is 11.5 Å². The minimum atomic E-state index is -0.291. The third-order valence-electron chi connectivity index (χ3n) is 6.39. The zero-order chi connectivity index (χ0) is 22.6. The Kier molecular flexibility index (Phi) is 4.88. The summed E-state index contributed by atoms with van der Waals surface area (Å²) in [5.74, 6) is 0.511. The van der Waals surface area contributed by atoms with Gasteiger partial charge in [-0.15, -0.1) is 16.4 Å². The Balaban J connectivity index is 1.44. The van der Waals surface area contributed by atoms with E-state index >= 15 is 0 Å². The largest absolute Gasteiger partial charge is 0.482 e. The Morgan fingerprint density at radius 2 is 2.12 bits per heavy atom. The van der Waals surface area contributed by atoms with Crippen LogP contribution in [0, 0.1) is 11.3 Å². The van der Waals surface area contributed by atoms with Crippen LogP contribution in [0.15, 0.2) is 23.0 Å². The summed E-state index contributed by atoms with van der Waals surface area (Å²) in [5.41, 5.74) is 1.82. The lowest BCUT2D eigenvalue weighted by molar-refractivity contribution is -0.118. The van der Waals surface area contributed by atoms with Crippen LogP contribution in [0.2, 0.25) is 0 Å². The van der Waals surface area contributed by atoms with Crippen molar-refractivity contribution in [3.8, 4) is 5.75 Å². The van der Waals surface area contributed by atoms with Gasteiger partial charge in [-0.2, -0.15) is 0 Å². The Hall–Kier alpha value is -3.07. The molecule has 3 heterocycles. The van der Waals surface area contributed by atoms with Crippen LogP contribution >= 0.6 is 11.3 Å². The van der Waals surface area contributed by atoms with Gasteiger partial charge in [0.05, 0.1) is 11.1 Å². The molecule has 2 aliphatic rings. The predicted molar refractivity (Wildman–Crippen MR) is 122 cm³/mol. The van der Waals surface area contributed by atoms with Gasteiger partial charge in [-0.3, -0.25) is 14.4 Å². The van der Waals surface area contributed by atoms with Gasteiger partial charge in [0.1, 0.15) is 12.3 Å². The minimum absolute atomic E-state index is 0.0489. The van der Waals surface area contributed by atoms with E-state index in [2.05, 4.69) is 36.4 Å². The Labute approximate surface area is 188 Å². The molecule has 32 heavy (non-hydrogen) atoms. The second-order valence-corrected chi connectivity index (χ2v) is 10.6. The number of ether oxygens (including phenoxy) is 1. The van der Waals surface area contributed by atoms with Crippen molar-refractivity contribution in [1.82, 2.24) is 15.0 Å². The quantitative estimate of drug-likeness (QED) is 0.612. The van der Waals surface area contributed by atoms with Crippen molar-refractivity contribution in [1.29, 1.82) is 0 Å². The van der Waals surface area contributed by atoms with E-state index in [-0.39, 0.29) is 35.8 Å². The van der Waals surface area contributed by atoms with Crippen molar-refractivity contribution in [2.75, 3.05) is 11.9 Å². The molecule has 1 N–H and O–H groups in total. The number of nitrogens with one attached hydrogen (secondary N) is 1. The van der Waals surface area contributed by atoms with Crippen LogP contribution in [-0.4, -0.2) is 33.3 Å². The molecule has 0 saturated heterocycles. The standard InChI is InChI=1S/C23H24N4O4S/c1-23(2,3)13-5-6-14-18(9-13)32-21-20(14)22(30)27(26-25-21)10-16(28)12-4-7-17-15(8-12)24-19(29)11-31-17/h4,7-8,13H,5-6,9-11H2,1-3H3,(H,24,29)/t13-/m0/s1. The monoisotopic (exact) mass is 452 g/mol. The van der Waals surface area contributed by atoms with Crippen molar-refractivity contribution < 1.29 is 14.3 Å². The second kappa shape index (κ2) is 7.51. The van der Waals surface area contributed by atoms with E-state index in [4.69, 9.17) is 4.74 Å². The average Bonchev–Trinajstić information content (AvgIpc) is 3.13. The number of carbonyl (C=O) groups is 2. The zero-order valence-corrected chi connectivity index (χ0v) is 19.0.